The summed E-state index contributed by atoms with van der Waals surface area (Å²) in [5, 5.41) is 0.828. The molecule has 0 saturated carbocycles. The van der Waals surface area contributed by atoms with E-state index in [0.29, 0.717) is 11.4 Å². The standard InChI is InChI=1S/C24H21BN3O4S.C2H6.Y/c1-3-4-16-5-7-20(21(12-16)32-19-13-17-9-10-26-23(17)27-14-19)24(29)28-33(30,31)22-8-6-18(25)11-15(22)2;1-2;/h5-10,12-14H,3-4H2,1-2H3,(H,26,27)(H,28,29);1-2H3;/q-1;;/i8D;;. The van der Waals surface area contributed by atoms with Gasteiger partial charge in [0.2, 0.25) is 10.0 Å². The van der Waals surface area contributed by atoms with Crippen LogP contribution >= 0.6 is 0 Å². The van der Waals surface area contributed by atoms with E-state index in [1.54, 1.807) is 24.4 Å². The Kier molecular flexibility index (Phi) is 10.3. The van der Waals surface area contributed by atoms with Gasteiger partial charge in [-0.3, -0.25) is 9.52 Å². The van der Waals surface area contributed by atoms with Gasteiger partial charge in [0.1, 0.15) is 17.1 Å². The van der Waals surface area contributed by atoms with Crippen LogP contribution in [0.15, 0.2) is 59.7 Å². The van der Waals surface area contributed by atoms with E-state index in [1.807, 2.05) is 31.6 Å². The molecule has 10 heteroatoms. The maximum atomic E-state index is 13.1. The van der Waals surface area contributed by atoms with Gasteiger partial charge in [-0.1, -0.05) is 40.2 Å². The Balaban J connectivity index is 0.00000157. The van der Waals surface area contributed by atoms with Gasteiger partial charge in [-0.25, -0.2) is 18.9 Å². The van der Waals surface area contributed by atoms with E-state index < -0.39 is 15.9 Å². The molecule has 0 aliphatic heterocycles. The molecule has 0 spiro atoms. The first kappa shape index (κ1) is 28.1. The molecule has 2 aromatic carbocycles. The van der Waals surface area contributed by atoms with Crippen molar-refractivity contribution in [2.75, 3.05) is 0 Å². The van der Waals surface area contributed by atoms with Crippen LogP contribution < -0.4 is 14.9 Å². The zero-order chi connectivity index (χ0) is 26.5. The zero-order valence-electron chi connectivity index (χ0n) is 21.7. The van der Waals surface area contributed by atoms with Crippen molar-refractivity contribution in [3.8, 4) is 11.5 Å². The predicted octanol–water partition coefficient (Wildman–Crippen LogP) is 4.35. The Morgan fingerprint density at radius 3 is 2.69 bits per heavy atom. The quantitative estimate of drug-likeness (QED) is 0.251. The normalized spacial score (nSPS) is 11.1. The molecule has 4 aromatic rings. The molecule has 2 heterocycles. The van der Waals surface area contributed by atoms with Crippen LogP contribution in [-0.4, -0.2) is 32.1 Å². The number of nitrogens with zero attached hydrogens (tertiary/aromatic N) is 1. The molecule has 36 heavy (non-hydrogen) atoms. The minimum absolute atomic E-state index is 0. The number of sulfonamides is 1. The second-order valence-electron chi connectivity index (χ2n) is 7.53. The molecular formula is C26H27BN3O4SY-. The summed E-state index contributed by atoms with van der Waals surface area (Å²) < 4.78 is 42.0. The van der Waals surface area contributed by atoms with E-state index in [0.717, 1.165) is 23.8 Å². The topological polar surface area (TPSA) is 101 Å². The first-order valence-corrected chi connectivity index (χ1v) is 12.8. The fraction of sp³-hybridized carbons (Fsp3) is 0.231. The number of fused-ring (bicyclic) bond motifs is 1. The van der Waals surface area contributed by atoms with Crippen LogP contribution in [0.5, 0.6) is 11.5 Å². The van der Waals surface area contributed by atoms with Gasteiger partial charge in [-0.15, -0.1) is 5.56 Å². The number of aromatic nitrogens is 2. The van der Waals surface area contributed by atoms with Crippen LogP contribution in [-0.2, 0) is 49.2 Å². The van der Waals surface area contributed by atoms with Gasteiger partial charge in [-0.05, 0) is 41.1 Å². The number of amides is 1. The third kappa shape index (κ3) is 7.05. The smallest absolute Gasteiger partial charge is 0.267 e. The number of nitrogens with one attached hydrogen (secondary N) is 2. The average molecular weight is 578 g/mol. The van der Waals surface area contributed by atoms with Crippen LogP contribution in [0.25, 0.3) is 11.0 Å². The molecule has 0 aliphatic rings. The second-order valence-corrected chi connectivity index (χ2v) is 9.15. The van der Waals surface area contributed by atoms with Crippen molar-refractivity contribution in [3.63, 3.8) is 0 Å². The van der Waals surface area contributed by atoms with Crippen molar-refractivity contribution in [1.29, 1.82) is 0 Å². The van der Waals surface area contributed by atoms with Gasteiger partial charge >= 0.3 is 0 Å². The molecule has 2 aromatic heterocycles. The number of ether oxygens (including phenoxy) is 1. The molecule has 183 valence electrons. The fourth-order valence-corrected chi connectivity index (χ4v) is 4.58. The molecule has 0 saturated heterocycles. The number of aryl methyl sites for hydroxylation is 2. The number of carbonyl (C=O) groups excluding carboxylic acids is 1. The molecule has 1 amide bonds. The van der Waals surface area contributed by atoms with Crippen molar-refractivity contribution in [1.82, 2.24) is 14.7 Å². The summed E-state index contributed by atoms with van der Waals surface area (Å²) in [6.07, 6.45) is 4.91. The largest absolute Gasteiger partial charge is 0.455 e. The number of H-pyrrole nitrogens is 1. The summed E-state index contributed by atoms with van der Waals surface area (Å²) in [7, 11) is 1.28. The van der Waals surface area contributed by atoms with Crippen molar-refractivity contribution in [2.45, 2.75) is 45.4 Å². The molecule has 2 N–H and O–H groups in total. The van der Waals surface area contributed by atoms with Crippen LogP contribution in [0.3, 0.4) is 0 Å². The summed E-state index contributed by atoms with van der Waals surface area (Å²) in [5.74, 6) is -0.290. The molecule has 7 nitrogen and oxygen atoms in total. The van der Waals surface area contributed by atoms with Crippen LogP contribution in [0, 0.1) is 13.0 Å². The van der Waals surface area contributed by atoms with Gasteiger partial charge in [-0.2, -0.15) is 18.2 Å². The summed E-state index contributed by atoms with van der Waals surface area (Å²) >= 11 is 0. The summed E-state index contributed by atoms with van der Waals surface area (Å²) in [4.78, 5) is 20.0. The summed E-state index contributed by atoms with van der Waals surface area (Å²) in [6, 6.07) is 12.1. The Morgan fingerprint density at radius 2 is 2.00 bits per heavy atom. The molecular weight excluding hydrogens is 550 g/mol. The average Bonchev–Trinajstić information content (AvgIpc) is 3.27. The number of pyridine rings is 1. The number of hydrogen-bond acceptors (Lipinski definition) is 5. The molecule has 0 unspecified atom stereocenters. The van der Waals surface area contributed by atoms with Crippen molar-refractivity contribution in [3.05, 3.63) is 77.6 Å². The SMILES string of the molecule is CC.[2H]c1cc([B])[c-]c(C)c1S(=O)(=O)NC(=O)c1ccc(CCC)cc1Oc1cnc2[nH]ccc2c1.[Y]. The molecule has 0 atom stereocenters. The van der Waals surface area contributed by atoms with E-state index in [-0.39, 0.29) is 66.0 Å². The maximum absolute atomic E-state index is 13.1. The molecule has 3 radical (unpaired) electrons. The number of aromatic amines is 1. The molecule has 0 aliphatic carbocycles. The third-order valence-corrected chi connectivity index (χ3v) is 6.37. The van der Waals surface area contributed by atoms with E-state index in [1.165, 1.54) is 25.3 Å². The Hall–Kier alpha value is -2.48. The summed E-state index contributed by atoms with van der Waals surface area (Å²) in [5.41, 5.74) is 1.94. The van der Waals surface area contributed by atoms with Gasteiger partial charge in [0.05, 0.1) is 19.6 Å². The number of hydrogen-bond donors (Lipinski definition) is 2. The van der Waals surface area contributed by atoms with Gasteiger partial charge in [0.15, 0.2) is 0 Å². The first-order chi connectivity index (χ1) is 17.2. The number of carbonyl (C=O) groups is 1. The second kappa shape index (κ2) is 13.2. The number of benzene rings is 2. The summed E-state index contributed by atoms with van der Waals surface area (Å²) in [6.45, 7) is 7.49. The van der Waals surface area contributed by atoms with Crippen LogP contribution in [0.2, 0.25) is 0 Å². The van der Waals surface area contributed by atoms with Crippen molar-refractivity contribution in [2.24, 2.45) is 0 Å². The van der Waals surface area contributed by atoms with Crippen LogP contribution in [0.1, 0.15) is 50.0 Å². The van der Waals surface area contributed by atoms with E-state index in [2.05, 4.69) is 16.0 Å². The third-order valence-electron chi connectivity index (χ3n) is 4.96. The first-order valence-electron chi connectivity index (χ1n) is 11.8. The van der Waals surface area contributed by atoms with Crippen molar-refractivity contribution >= 4 is 40.3 Å². The zero-order valence-corrected chi connectivity index (χ0v) is 24.3. The molecule has 0 bridgehead atoms. The van der Waals surface area contributed by atoms with Gasteiger partial charge in [0.25, 0.3) is 5.91 Å². The minimum atomic E-state index is -4.36. The minimum Gasteiger partial charge on any atom is -0.455 e. The molecule has 4 rings (SSSR count). The monoisotopic (exact) mass is 578 g/mol. The van der Waals surface area contributed by atoms with E-state index >= 15 is 0 Å². The maximum Gasteiger partial charge on any atom is 0.267 e. The van der Waals surface area contributed by atoms with E-state index in [4.69, 9.17) is 14.0 Å². The predicted molar refractivity (Wildman–Crippen MR) is 138 cm³/mol. The van der Waals surface area contributed by atoms with Gasteiger partial charge < -0.3 is 9.72 Å². The number of rotatable bonds is 7. The van der Waals surface area contributed by atoms with Crippen molar-refractivity contribution < 1.29 is 52.0 Å². The Morgan fingerprint density at radius 1 is 1.25 bits per heavy atom. The van der Waals surface area contributed by atoms with Gasteiger partial charge in [0, 0.05) is 45.7 Å². The van der Waals surface area contributed by atoms with E-state index in [9.17, 15) is 13.2 Å². The fourth-order valence-electron chi connectivity index (χ4n) is 3.45. The molecule has 0 fully saturated rings. The van der Waals surface area contributed by atoms with Crippen LogP contribution in [0.4, 0.5) is 0 Å². The Bertz CT molecular complexity index is 1490. The Labute approximate surface area is 240 Å².